The molecule has 0 amide bonds. The van der Waals surface area contributed by atoms with E-state index >= 15 is 0 Å². The van der Waals surface area contributed by atoms with Crippen molar-refractivity contribution in [1.82, 2.24) is 9.97 Å². The summed E-state index contributed by atoms with van der Waals surface area (Å²) in [5, 5.41) is 0.582. The van der Waals surface area contributed by atoms with Crippen molar-refractivity contribution in [3.05, 3.63) is 39.0 Å². The molecule has 94 valence electrons. The number of hydrogen-bond donors (Lipinski definition) is 2. The Kier molecular flexibility index (Phi) is 2.66. The van der Waals surface area contributed by atoms with Crippen molar-refractivity contribution in [3.8, 4) is 0 Å². The van der Waals surface area contributed by atoms with Gasteiger partial charge in [0.05, 0.1) is 16.6 Å². The van der Waals surface area contributed by atoms with Crippen LogP contribution in [0.3, 0.4) is 0 Å². The molecule has 18 heavy (non-hydrogen) atoms. The molecule has 2 heterocycles. The van der Waals surface area contributed by atoms with Crippen LogP contribution in [0.2, 0.25) is 0 Å². The van der Waals surface area contributed by atoms with Crippen LogP contribution in [0.25, 0.3) is 10.9 Å². The molecule has 1 aromatic heterocycles. The Balaban J connectivity index is 2.23. The van der Waals surface area contributed by atoms with Crippen LogP contribution in [0.1, 0.15) is 19.3 Å². The van der Waals surface area contributed by atoms with Crippen molar-refractivity contribution in [1.29, 1.82) is 0 Å². The van der Waals surface area contributed by atoms with Crippen LogP contribution in [0.4, 0.5) is 5.69 Å². The van der Waals surface area contributed by atoms with E-state index in [1.165, 1.54) is 6.42 Å². The monoisotopic (exact) mass is 245 g/mol. The molecule has 2 N–H and O–H groups in total. The maximum atomic E-state index is 12.0. The van der Waals surface area contributed by atoms with Gasteiger partial charge in [-0.1, -0.05) is 6.07 Å². The molecule has 3 rings (SSSR count). The summed E-state index contributed by atoms with van der Waals surface area (Å²) < 4.78 is 0. The molecule has 0 saturated carbocycles. The molecular formula is C13H15N3O2. The lowest BCUT2D eigenvalue weighted by molar-refractivity contribution is 0.579. The van der Waals surface area contributed by atoms with Crippen LogP contribution in [0.15, 0.2) is 27.8 Å². The van der Waals surface area contributed by atoms with Gasteiger partial charge in [-0.05, 0) is 31.4 Å². The predicted molar refractivity (Wildman–Crippen MR) is 71.3 cm³/mol. The Morgan fingerprint density at radius 3 is 2.56 bits per heavy atom. The predicted octanol–water partition coefficient (Wildman–Crippen LogP) is 1.21. The fourth-order valence-corrected chi connectivity index (χ4v) is 2.60. The molecule has 1 fully saturated rings. The van der Waals surface area contributed by atoms with Gasteiger partial charge in [0, 0.05) is 13.1 Å². The summed E-state index contributed by atoms with van der Waals surface area (Å²) in [6, 6.07) is 5.59. The first-order valence-electron chi connectivity index (χ1n) is 6.26. The van der Waals surface area contributed by atoms with Gasteiger partial charge in [-0.15, -0.1) is 0 Å². The normalized spacial score (nSPS) is 16.1. The summed E-state index contributed by atoms with van der Waals surface area (Å²) in [7, 11) is 0. The van der Waals surface area contributed by atoms with E-state index < -0.39 is 5.69 Å². The minimum absolute atomic E-state index is 0.310. The molecule has 2 aromatic rings. The summed E-state index contributed by atoms with van der Waals surface area (Å²) in [5.41, 5.74) is 0.759. The molecule has 1 aliphatic rings. The number of hydrogen-bond acceptors (Lipinski definition) is 3. The summed E-state index contributed by atoms with van der Waals surface area (Å²) in [4.78, 5) is 30.4. The Bertz CT molecular complexity index is 680. The van der Waals surface area contributed by atoms with Crippen LogP contribution in [0, 0.1) is 0 Å². The van der Waals surface area contributed by atoms with Gasteiger partial charge in [0.15, 0.2) is 0 Å². The van der Waals surface area contributed by atoms with Gasteiger partial charge in [0.25, 0.3) is 5.56 Å². The van der Waals surface area contributed by atoms with Gasteiger partial charge in [0.1, 0.15) is 0 Å². The number of piperidine rings is 1. The Morgan fingerprint density at radius 1 is 1.00 bits per heavy atom. The first-order chi connectivity index (χ1) is 8.75. The zero-order chi connectivity index (χ0) is 12.5. The molecule has 0 aliphatic carbocycles. The number of anilines is 1. The maximum absolute atomic E-state index is 12.0. The van der Waals surface area contributed by atoms with Crippen LogP contribution in [0.5, 0.6) is 0 Å². The van der Waals surface area contributed by atoms with Crippen LogP contribution in [-0.2, 0) is 0 Å². The van der Waals surface area contributed by atoms with Gasteiger partial charge in [-0.2, -0.15) is 0 Å². The van der Waals surface area contributed by atoms with Crippen LogP contribution >= 0.6 is 0 Å². The smallest absolute Gasteiger partial charge is 0.326 e. The fourth-order valence-electron chi connectivity index (χ4n) is 2.60. The van der Waals surface area contributed by atoms with Crippen molar-refractivity contribution < 1.29 is 0 Å². The highest BCUT2D eigenvalue weighted by Gasteiger charge is 2.15. The number of aromatic amines is 2. The van der Waals surface area contributed by atoms with Crippen molar-refractivity contribution in [2.24, 2.45) is 0 Å². The van der Waals surface area contributed by atoms with E-state index in [9.17, 15) is 9.59 Å². The quantitative estimate of drug-likeness (QED) is 0.793. The number of nitrogens with zero attached hydrogens (tertiary/aromatic N) is 1. The van der Waals surface area contributed by atoms with Crippen molar-refractivity contribution in [2.45, 2.75) is 19.3 Å². The van der Waals surface area contributed by atoms with E-state index in [2.05, 4.69) is 14.9 Å². The third kappa shape index (κ3) is 1.81. The Morgan fingerprint density at radius 2 is 1.78 bits per heavy atom. The van der Waals surface area contributed by atoms with Crippen molar-refractivity contribution >= 4 is 16.6 Å². The number of aromatic nitrogens is 2. The molecule has 1 aliphatic heterocycles. The lowest BCUT2D eigenvalue weighted by atomic mass is 10.1. The highest BCUT2D eigenvalue weighted by molar-refractivity contribution is 5.90. The molecule has 0 atom stereocenters. The summed E-state index contributed by atoms with van der Waals surface area (Å²) in [6.45, 7) is 1.94. The molecule has 0 bridgehead atoms. The number of benzene rings is 1. The van der Waals surface area contributed by atoms with Gasteiger partial charge in [0.2, 0.25) is 0 Å². The zero-order valence-electron chi connectivity index (χ0n) is 10.0. The minimum Gasteiger partial charge on any atom is -0.371 e. The van der Waals surface area contributed by atoms with Crippen LogP contribution < -0.4 is 16.1 Å². The molecule has 5 nitrogen and oxygen atoms in total. The van der Waals surface area contributed by atoms with Gasteiger partial charge in [-0.25, -0.2) is 4.79 Å². The molecule has 1 aromatic carbocycles. The summed E-state index contributed by atoms with van der Waals surface area (Å²) in [5.74, 6) is 0. The lowest BCUT2D eigenvalue weighted by Crippen LogP contribution is -2.31. The van der Waals surface area contributed by atoms with Gasteiger partial charge < -0.3 is 9.88 Å². The molecular weight excluding hydrogens is 230 g/mol. The topological polar surface area (TPSA) is 69.0 Å². The highest BCUT2D eigenvalue weighted by atomic mass is 16.2. The number of fused-ring (bicyclic) bond motifs is 1. The Labute approximate surface area is 103 Å². The van der Waals surface area contributed by atoms with E-state index in [1.807, 2.05) is 12.1 Å². The fraction of sp³-hybridized carbons (Fsp3) is 0.385. The lowest BCUT2D eigenvalue weighted by Gasteiger charge is -2.29. The summed E-state index contributed by atoms with van der Waals surface area (Å²) >= 11 is 0. The minimum atomic E-state index is -0.455. The first kappa shape index (κ1) is 11.1. The number of nitrogens with one attached hydrogen (secondary N) is 2. The maximum Gasteiger partial charge on any atom is 0.326 e. The van der Waals surface area contributed by atoms with E-state index in [-0.39, 0.29) is 5.56 Å². The van der Waals surface area contributed by atoms with Crippen molar-refractivity contribution in [3.63, 3.8) is 0 Å². The largest absolute Gasteiger partial charge is 0.371 e. The van der Waals surface area contributed by atoms with E-state index in [0.29, 0.717) is 10.9 Å². The average Bonchev–Trinajstić information content (AvgIpc) is 2.38. The third-order valence-electron chi connectivity index (χ3n) is 3.44. The Hall–Kier alpha value is -2.04. The van der Waals surface area contributed by atoms with E-state index in [4.69, 9.17) is 0 Å². The molecule has 0 radical (unpaired) electrons. The second-order valence-electron chi connectivity index (χ2n) is 4.66. The summed E-state index contributed by atoms with van der Waals surface area (Å²) in [6.07, 6.45) is 3.55. The molecule has 0 spiro atoms. The molecule has 5 heteroatoms. The number of rotatable bonds is 1. The first-order valence-corrected chi connectivity index (χ1v) is 6.26. The SMILES string of the molecule is O=c1[nH]c(=O)c2c(N3CCCCC3)cccc2[nH]1. The second-order valence-corrected chi connectivity index (χ2v) is 4.66. The molecule has 0 unspecified atom stereocenters. The third-order valence-corrected chi connectivity index (χ3v) is 3.44. The number of H-pyrrole nitrogens is 2. The van der Waals surface area contributed by atoms with Gasteiger partial charge >= 0.3 is 5.69 Å². The zero-order valence-corrected chi connectivity index (χ0v) is 10.0. The highest BCUT2D eigenvalue weighted by Crippen LogP contribution is 2.24. The van der Waals surface area contributed by atoms with E-state index in [0.717, 1.165) is 31.6 Å². The molecule has 1 saturated heterocycles. The van der Waals surface area contributed by atoms with E-state index in [1.54, 1.807) is 6.07 Å². The van der Waals surface area contributed by atoms with Crippen molar-refractivity contribution in [2.75, 3.05) is 18.0 Å². The van der Waals surface area contributed by atoms with Crippen LogP contribution in [-0.4, -0.2) is 23.1 Å². The standard InChI is InChI=1S/C13H15N3O2/c17-12-11-9(14-13(18)15-12)5-4-6-10(11)16-7-2-1-3-8-16/h4-6H,1-3,7-8H2,(H2,14,15,17,18). The second kappa shape index (κ2) is 4.33. The van der Waals surface area contributed by atoms with Gasteiger partial charge in [-0.3, -0.25) is 9.78 Å². The average molecular weight is 245 g/mol.